The van der Waals surface area contributed by atoms with E-state index in [4.69, 9.17) is 5.26 Å². The number of nitrogens with one attached hydrogen (secondary N) is 2. The number of carbonyl (C=O) groups is 2. The van der Waals surface area contributed by atoms with Gasteiger partial charge in [0.15, 0.2) is 0 Å². The molecule has 156 valence electrons. The zero-order chi connectivity index (χ0) is 22.3. The van der Waals surface area contributed by atoms with Crippen LogP contribution in [-0.2, 0) is 4.79 Å². The van der Waals surface area contributed by atoms with Crippen molar-refractivity contribution in [3.63, 3.8) is 0 Å². The molecule has 2 amide bonds. The Bertz CT molecular complexity index is 1340. The number of rotatable bonds is 6. The van der Waals surface area contributed by atoms with Gasteiger partial charge in [-0.2, -0.15) is 5.26 Å². The van der Waals surface area contributed by atoms with Crippen LogP contribution in [0.1, 0.15) is 15.9 Å². The van der Waals surface area contributed by atoms with Crippen molar-refractivity contribution in [1.82, 2.24) is 0 Å². The van der Waals surface area contributed by atoms with E-state index in [1.54, 1.807) is 36.4 Å². The summed E-state index contributed by atoms with van der Waals surface area (Å²) in [7, 11) is 0. The van der Waals surface area contributed by atoms with E-state index in [1.807, 2.05) is 60.7 Å². The van der Waals surface area contributed by atoms with E-state index in [-0.39, 0.29) is 17.6 Å². The van der Waals surface area contributed by atoms with Gasteiger partial charge >= 0.3 is 0 Å². The van der Waals surface area contributed by atoms with Gasteiger partial charge in [0.25, 0.3) is 5.91 Å². The molecule has 0 saturated carbocycles. The van der Waals surface area contributed by atoms with E-state index >= 15 is 0 Å². The number of nitrogens with zero attached hydrogens (tertiary/aromatic N) is 1. The summed E-state index contributed by atoms with van der Waals surface area (Å²) >= 11 is 1.29. The molecule has 0 unspecified atom stereocenters. The number of benzene rings is 4. The monoisotopic (exact) mass is 437 g/mol. The zero-order valence-corrected chi connectivity index (χ0v) is 17.9. The van der Waals surface area contributed by atoms with Gasteiger partial charge in [0, 0.05) is 16.3 Å². The maximum atomic E-state index is 12.9. The van der Waals surface area contributed by atoms with E-state index in [2.05, 4.69) is 10.6 Å². The van der Waals surface area contributed by atoms with Crippen molar-refractivity contribution in [3.05, 3.63) is 102 Å². The van der Waals surface area contributed by atoms with Gasteiger partial charge in [0.05, 0.1) is 22.9 Å². The first-order valence-corrected chi connectivity index (χ1v) is 10.9. The second-order valence-corrected chi connectivity index (χ2v) is 8.06. The lowest BCUT2D eigenvalue weighted by atomic mass is 10.1. The van der Waals surface area contributed by atoms with Crippen molar-refractivity contribution in [2.24, 2.45) is 0 Å². The molecular formula is C26H19N3O2S. The van der Waals surface area contributed by atoms with Gasteiger partial charge in [-0.3, -0.25) is 9.59 Å². The van der Waals surface area contributed by atoms with Crippen LogP contribution < -0.4 is 10.6 Å². The summed E-state index contributed by atoms with van der Waals surface area (Å²) in [5.74, 6) is -0.308. The molecule has 5 nitrogen and oxygen atoms in total. The first-order chi connectivity index (χ1) is 15.6. The van der Waals surface area contributed by atoms with E-state index in [0.29, 0.717) is 27.4 Å². The molecule has 4 rings (SSSR count). The maximum absolute atomic E-state index is 12.9. The predicted molar refractivity (Wildman–Crippen MR) is 129 cm³/mol. The molecule has 0 radical (unpaired) electrons. The predicted octanol–water partition coefficient (Wildman–Crippen LogP) is 5.69. The number of nitriles is 1. The topological polar surface area (TPSA) is 82.0 Å². The molecule has 0 fully saturated rings. The van der Waals surface area contributed by atoms with Crippen LogP contribution >= 0.6 is 11.8 Å². The average Bonchev–Trinajstić information content (AvgIpc) is 2.83. The standard InChI is InChI=1S/C26H19N3O2S/c27-16-18-6-5-9-21(14-18)28-25(30)17-32-24-11-4-3-10-23(24)26(31)29-22-13-12-19-7-1-2-8-20(19)15-22/h1-15H,17H2,(H,28,30)(H,29,31). The van der Waals surface area contributed by atoms with Crippen LogP contribution in [0.5, 0.6) is 0 Å². The van der Waals surface area contributed by atoms with Gasteiger partial charge in [-0.25, -0.2) is 0 Å². The first-order valence-electron chi connectivity index (χ1n) is 9.94. The molecule has 0 aliphatic heterocycles. The minimum absolute atomic E-state index is 0.136. The van der Waals surface area contributed by atoms with Gasteiger partial charge in [-0.1, -0.05) is 48.5 Å². The minimum Gasteiger partial charge on any atom is -0.325 e. The Hall–Kier alpha value is -4.08. The molecule has 0 saturated heterocycles. The third-order valence-corrected chi connectivity index (χ3v) is 5.85. The summed E-state index contributed by atoms with van der Waals surface area (Å²) in [6, 6.07) is 29.7. The van der Waals surface area contributed by atoms with Gasteiger partial charge < -0.3 is 10.6 Å². The minimum atomic E-state index is -0.231. The SMILES string of the molecule is N#Cc1cccc(NC(=O)CSc2ccccc2C(=O)Nc2ccc3ccccc3c2)c1. The highest BCUT2D eigenvalue weighted by molar-refractivity contribution is 8.00. The number of amides is 2. The van der Waals surface area contributed by atoms with E-state index in [0.717, 1.165) is 10.8 Å². The summed E-state index contributed by atoms with van der Waals surface area (Å²) < 4.78 is 0. The Balaban J connectivity index is 1.43. The lowest BCUT2D eigenvalue weighted by Gasteiger charge is -2.11. The van der Waals surface area contributed by atoms with Crippen LogP contribution in [0.4, 0.5) is 11.4 Å². The molecule has 2 N–H and O–H groups in total. The van der Waals surface area contributed by atoms with Crippen LogP contribution in [0.25, 0.3) is 10.8 Å². The average molecular weight is 438 g/mol. The fraction of sp³-hybridized carbons (Fsp3) is 0.0385. The zero-order valence-electron chi connectivity index (χ0n) is 17.0. The lowest BCUT2D eigenvalue weighted by Crippen LogP contribution is -2.16. The summed E-state index contributed by atoms with van der Waals surface area (Å²) in [5, 5.41) is 16.9. The molecule has 0 heterocycles. The Morgan fingerprint density at radius 2 is 1.53 bits per heavy atom. The van der Waals surface area contributed by atoms with Crippen LogP contribution in [-0.4, -0.2) is 17.6 Å². The number of thioether (sulfide) groups is 1. The Morgan fingerprint density at radius 3 is 2.38 bits per heavy atom. The summed E-state index contributed by atoms with van der Waals surface area (Å²) in [6.45, 7) is 0. The Kier molecular flexibility index (Phi) is 6.49. The van der Waals surface area contributed by atoms with Gasteiger partial charge in [-0.15, -0.1) is 11.8 Å². The summed E-state index contributed by atoms with van der Waals surface area (Å²) in [6.07, 6.45) is 0. The van der Waals surface area contributed by atoms with Crippen LogP contribution in [0.3, 0.4) is 0 Å². The second kappa shape index (κ2) is 9.82. The molecule has 4 aromatic carbocycles. The number of anilines is 2. The largest absolute Gasteiger partial charge is 0.325 e. The van der Waals surface area contributed by atoms with Crippen molar-refractivity contribution in [2.45, 2.75) is 4.90 Å². The highest BCUT2D eigenvalue weighted by Crippen LogP contribution is 2.25. The number of hydrogen-bond acceptors (Lipinski definition) is 4. The highest BCUT2D eigenvalue weighted by atomic mass is 32.2. The fourth-order valence-electron chi connectivity index (χ4n) is 3.25. The Morgan fingerprint density at radius 1 is 0.781 bits per heavy atom. The summed E-state index contributed by atoms with van der Waals surface area (Å²) in [5.41, 5.74) is 2.26. The van der Waals surface area contributed by atoms with Crippen molar-refractivity contribution in [2.75, 3.05) is 16.4 Å². The molecule has 0 spiro atoms. The van der Waals surface area contributed by atoms with Gasteiger partial charge in [0.2, 0.25) is 5.91 Å². The molecule has 0 aliphatic rings. The van der Waals surface area contributed by atoms with Crippen LogP contribution in [0.15, 0.2) is 95.9 Å². The maximum Gasteiger partial charge on any atom is 0.256 e. The molecule has 0 aliphatic carbocycles. The quantitative estimate of drug-likeness (QED) is 0.379. The van der Waals surface area contributed by atoms with Crippen molar-refractivity contribution < 1.29 is 9.59 Å². The van der Waals surface area contributed by atoms with E-state index < -0.39 is 0 Å². The molecule has 6 heteroatoms. The Labute approximate surface area is 190 Å². The van der Waals surface area contributed by atoms with Gasteiger partial charge in [0.1, 0.15) is 0 Å². The van der Waals surface area contributed by atoms with Crippen LogP contribution in [0.2, 0.25) is 0 Å². The van der Waals surface area contributed by atoms with Crippen molar-refractivity contribution in [3.8, 4) is 6.07 Å². The van der Waals surface area contributed by atoms with E-state index in [9.17, 15) is 9.59 Å². The van der Waals surface area contributed by atoms with Gasteiger partial charge in [-0.05, 0) is 53.2 Å². The second-order valence-electron chi connectivity index (χ2n) is 7.04. The third kappa shape index (κ3) is 5.15. The number of fused-ring (bicyclic) bond motifs is 1. The molecule has 0 atom stereocenters. The molecule has 0 bridgehead atoms. The lowest BCUT2D eigenvalue weighted by molar-refractivity contribution is -0.113. The number of hydrogen-bond donors (Lipinski definition) is 2. The third-order valence-electron chi connectivity index (χ3n) is 4.77. The fourth-order valence-corrected chi connectivity index (χ4v) is 4.10. The first kappa shape index (κ1) is 21.2. The summed E-state index contributed by atoms with van der Waals surface area (Å²) in [4.78, 5) is 26.0. The highest BCUT2D eigenvalue weighted by Gasteiger charge is 2.13. The normalized spacial score (nSPS) is 10.3. The van der Waals surface area contributed by atoms with Crippen molar-refractivity contribution >= 4 is 45.7 Å². The molecule has 0 aromatic heterocycles. The molecule has 4 aromatic rings. The van der Waals surface area contributed by atoms with Crippen LogP contribution in [0, 0.1) is 11.3 Å². The smallest absolute Gasteiger partial charge is 0.256 e. The molecule has 32 heavy (non-hydrogen) atoms. The van der Waals surface area contributed by atoms with Crippen molar-refractivity contribution in [1.29, 1.82) is 5.26 Å². The van der Waals surface area contributed by atoms with E-state index in [1.165, 1.54) is 11.8 Å². The molecular weight excluding hydrogens is 418 g/mol. The number of carbonyl (C=O) groups excluding carboxylic acids is 2.